The van der Waals surface area contributed by atoms with Crippen LogP contribution in [0.15, 0.2) is 18.2 Å². The van der Waals surface area contributed by atoms with Crippen molar-refractivity contribution in [3.63, 3.8) is 0 Å². The van der Waals surface area contributed by atoms with Gasteiger partial charge < -0.3 is 15.2 Å². The average molecular weight is 282 g/mol. The van der Waals surface area contributed by atoms with Crippen LogP contribution in [0.4, 0.5) is 0 Å². The zero-order valence-corrected chi connectivity index (χ0v) is 11.7. The SMILES string of the molecule is OC1CCCC1Oc1cccc(Cl)c1CNC1CC1. The monoisotopic (exact) mass is 281 g/mol. The molecule has 104 valence electrons. The summed E-state index contributed by atoms with van der Waals surface area (Å²) in [6.45, 7) is 0.739. The molecule has 2 saturated carbocycles. The summed E-state index contributed by atoms with van der Waals surface area (Å²) < 4.78 is 5.98. The topological polar surface area (TPSA) is 41.5 Å². The second-order valence-corrected chi connectivity index (χ2v) is 5.93. The fraction of sp³-hybridized carbons (Fsp3) is 0.600. The molecule has 4 heteroatoms. The molecular formula is C15H20ClNO2. The molecule has 0 amide bonds. The third kappa shape index (κ3) is 3.22. The molecular weight excluding hydrogens is 262 g/mol. The molecule has 2 aliphatic rings. The summed E-state index contributed by atoms with van der Waals surface area (Å²) in [7, 11) is 0. The second-order valence-electron chi connectivity index (χ2n) is 5.53. The van der Waals surface area contributed by atoms with Gasteiger partial charge in [0.05, 0.1) is 6.10 Å². The first-order chi connectivity index (χ1) is 9.24. The highest BCUT2D eigenvalue weighted by Gasteiger charge is 2.28. The number of aliphatic hydroxyl groups is 1. The van der Waals surface area contributed by atoms with Gasteiger partial charge in [-0.1, -0.05) is 17.7 Å². The van der Waals surface area contributed by atoms with Gasteiger partial charge in [-0.15, -0.1) is 0 Å². The maximum absolute atomic E-state index is 9.86. The molecule has 2 atom stereocenters. The molecule has 2 unspecified atom stereocenters. The van der Waals surface area contributed by atoms with E-state index in [-0.39, 0.29) is 12.2 Å². The van der Waals surface area contributed by atoms with Crippen molar-refractivity contribution in [2.45, 2.75) is 56.9 Å². The molecule has 19 heavy (non-hydrogen) atoms. The largest absolute Gasteiger partial charge is 0.487 e. The van der Waals surface area contributed by atoms with Crippen molar-refractivity contribution in [2.24, 2.45) is 0 Å². The molecule has 0 radical (unpaired) electrons. The quantitative estimate of drug-likeness (QED) is 0.872. The van der Waals surface area contributed by atoms with Crippen LogP contribution in [-0.2, 0) is 6.54 Å². The van der Waals surface area contributed by atoms with E-state index in [4.69, 9.17) is 16.3 Å². The van der Waals surface area contributed by atoms with Gasteiger partial charge in [0.2, 0.25) is 0 Å². The molecule has 2 aliphatic carbocycles. The summed E-state index contributed by atoms with van der Waals surface area (Å²) >= 11 is 6.27. The van der Waals surface area contributed by atoms with E-state index in [0.29, 0.717) is 6.04 Å². The number of halogens is 1. The number of hydrogen-bond donors (Lipinski definition) is 2. The first kappa shape index (κ1) is 13.2. The van der Waals surface area contributed by atoms with Gasteiger partial charge in [0, 0.05) is 23.2 Å². The Bertz CT molecular complexity index is 448. The summed E-state index contributed by atoms with van der Waals surface area (Å²) in [5.74, 6) is 0.812. The number of aliphatic hydroxyl groups excluding tert-OH is 1. The van der Waals surface area contributed by atoms with Crippen molar-refractivity contribution >= 4 is 11.6 Å². The highest BCUT2D eigenvalue weighted by Crippen LogP contribution is 2.31. The van der Waals surface area contributed by atoms with Crippen LogP contribution in [-0.4, -0.2) is 23.4 Å². The Kier molecular flexibility index (Phi) is 3.96. The predicted octanol–water partition coefficient (Wildman–Crippen LogP) is 2.88. The van der Waals surface area contributed by atoms with Crippen LogP contribution in [0.3, 0.4) is 0 Å². The molecule has 3 nitrogen and oxygen atoms in total. The molecule has 0 heterocycles. The normalized spacial score (nSPS) is 26.6. The van der Waals surface area contributed by atoms with Gasteiger partial charge in [-0.3, -0.25) is 0 Å². The summed E-state index contributed by atoms with van der Waals surface area (Å²) in [6, 6.07) is 6.38. The molecule has 2 N–H and O–H groups in total. The Labute approximate surface area is 118 Å². The summed E-state index contributed by atoms with van der Waals surface area (Å²) in [4.78, 5) is 0. The van der Waals surface area contributed by atoms with E-state index >= 15 is 0 Å². The minimum Gasteiger partial charge on any atom is -0.487 e. The van der Waals surface area contributed by atoms with Gasteiger partial charge in [0.15, 0.2) is 0 Å². The Balaban J connectivity index is 1.72. The third-order valence-electron chi connectivity index (χ3n) is 3.92. The lowest BCUT2D eigenvalue weighted by Gasteiger charge is -2.20. The number of benzene rings is 1. The molecule has 1 aromatic carbocycles. The summed E-state index contributed by atoms with van der Waals surface area (Å²) in [6.07, 6.45) is 4.86. The van der Waals surface area contributed by atoms with E-state index < -0.39 is 0 Å². The smallest absolute Gasteiger partial charge is 0.125 e. The van der Waals surface area contributed by atoms with Crippen LogP contribution >= 0.6 is 11.6 Å². The van der Waals surface area contributed by atoms with E-state index in [1.807, 2.05) is 18.2 Å². The number of rotatable bonds is 5. The van der Waals surface area contributed by atoms with E-state index in [1.165, 1.54) is 12.8 Å². The zero-order valence-electron chi connectivity index (χ0n) is 10.9. The lowest BCUT2D eigenvalue weighted by Crippen LogP contribution is -2.26. The molecule has 0 spiro atoms. The van der Waals surface area contributed by atoms with Crippen molar-refractivity contribution in [1.29, 1.82) is 0 Å². The summed E-state index contributed by atoms with van der Waals surface area (Å²) in [5, 5.41) is 14.1. The molecule has 0 saturated heterocycles. The highest BCUT2D eigenvalue weighted by atomic mass is 35.5. The molecule has 0 bridgehead atoms. The van der Waals surface area contributed by atoms with Crippen molar-refractivity contribution in [3.8, 4) is 5.75 Å². The van der Waals surface area contributed by atoms with E-state index in [0.717, 1.165) is 42.1 Å². The third-order valence-corrected chi connectivity index (χ3v) is 4.27. The Hall–Kier alpha value is -0.770. The van der Waals surface area contributed by atoms with Gasteiger partial charge in [-0.2, -0.15) is 0 Å². The molecule has 1 aromatic rings. The molecule has 2 fully saturated rings. The van der Waals surface area contributed by atoms with Gasteiger partial charge in [-0.25, -0.2) is 0 Å². The zero-order chi connectivity index (χ0) is 13.2. The van der Waals surface area contributed by atoms with Crippen molar-refractivity contribution in [2.75, 3.05) is 0 Å². The van der Waals surface area contributed by atoms with E-state index in [1.54, 1.807) is 0 Å². The van der Waals surface area contributed by atoms with Crippen molar-refractivity contribution < 1.29 is 9.84 Å². The second kappa shape index (κ2) is 5.70. The maximum Gasteiger partial charge on any atom is 0.125 e. The summed E-state index contributed by atoms with van der Waals surface area (Å²) in [5.41, 5.74) is 1.01. The molecule has 0 aliphatic heterocycles. The van der Waals surface area contributed by atoms with Crippen molar-refractivity contribution in [3.05, 3.63) is 28.8 Å². The minimum absolute atomic E-state index is 0.0851. The lowest BCUT2D eigenvalue weighted by atomic mass is 10.2. The van der Waals surface area contributed by atoms with Gasteiger partial charge in [0.25, 0.3) is 0 Å². The van der Waals surface area contributed by atoms with Gasteiger partial charge >= 0.3 is 0 Å². The molecule has 3 rings (SSSR count). The van der Waals surface area contributed by atoms with Crippen LogP contribution in [0.5, 0.6) is 5.75 Å². The highest BCUT2D eigenvalue weighted by molar-refractivity contribution is 6.31. The Morgan fingerprint density at radius 3 is 2.79 bits per heavy atom. The predicted molar refractivity (Wildman–Crippen MR) is 75.6 cm³/mol. The first-order valence-corrected chi connectivity index (χ1v) is 7.47. The van der Waals surface area contributed by atoms with E-state index in [9.17, 15) is 5.11 Å². The Morgan fingerprint density at radius 2 is 2.11 bits per heavy atom. The van der Waals surface area contributed by atoms with Crippen LogP contribution in [0.1, 0.15) is 37.7 Å². The number of ether oxygens (including phenoxy) is 1. The van der Waals surface area contributed by atoms with Crippen LogP contribution in [0, 0.1) is 0 Å². The average Bonchev–Trinajstić information content (AvgIpc) is 3.13. The first-order valence-electron chi connectivity index (χ1n) is 7.09. The van der Waals surface area contributed by atoms with E-state index in [2.05, 4.69) is 5.32 Å². The maximum atomic E-state index is 9.86. The van der Waals surface area contributed by atoms with Gasteiger partial charge in [0.1, 0.15) is 11.9 Å². The molecule has 0 aromatic heterocycles. The Morgan fingerprint density at radius 1 is 1.26 bits per heavy atom. The van der Waals surface area contributed by atoms with Crippen LogP contribution < -0.4 is 10.1 Å². The fourth-order valence-corrected chi connectivity index (χ4v) is 2.79. The standard InChI is InChI=1S/C15H20ClNO2/c16-12-3-1-5-14(11(12)9-17-10-7-8-10)19-15-6-2-4-13(15)18/h1,3,5,10,13,15,17-18H,2,4,6-9H2. The fourth-order valence-electron chi connectivity index (χ4n) is 2.56. The minimum atomic E-state index is -0.344. The van der Waals surface area contributed by atoms with Crippen LogP contribution in [0.2, 0.25) is 5.02 Å². The lowest BCUT2D eigenvalue weighted by molar-refractivity contribution is 0.0597. The van der Waals surface area contributed by atoms with Gasteiger partial charge in [-0.05, 0) is 44.2 Å². The van der Waals surface area contributed by atoms with Crippen molar-refractivity contribution in [1.82, 2.24) is 5.32 Å². The van der Waals surface area contributed by atoms with Crippen LogP contribution in [0.25, 0.3) is 0 Å². The number of nitrogens with one attached hydrogen (secondary N) is 1. The number of hydrogen-bond acceptors (Lipinski definition) is 3.